The van der Waals surface area contributed by atoms with Crippen LogP contribution in [0, 0.1) is 25.2 Å². The molecule has 21 heavy (non-hydrogen) atoms. The van der Waals surface area contributed by atoms with E-state index in [4.69, 9.17) is 0 Å². The smallest absolute Gasteiger partial charge is 0.261 e. The van der Waals surface area contributed by atoms with Crippen LogP contribution >= 0.6 is 0 Å². The highest BCUT2D eigenvalue weighted by molar-refractivity contribution is 6.01. The SMILES string of the molecule is CCCCNC(=O)/C(C#N)=C\c1cc(C)n(CCC)c1C. The Morgan fingerprint density at radius 1 is 1.38 bits per heavy atom. The lowest BCUT2D eigenvalue weighted by molar-refractivity contribution is -0.117. The van der Waals surface area contributed by atoms with Gasteiger partial charge in [0.15, 0.2) is 0 Å². The first kappa shape index (κ1) is 17.0. The Labute approximate surface area is 127 Å². The molecule has 1 heterocycles. The molecule has 0 aromatic carbocycles. The first-order valence-electron chi connectivity index (χ1n) is 7.61. The predicted octanol–water partition coefficient (Wildman–Crippen LogP) is 3.34. The Bertz CT molecular complexity index is 561. The summed E-state index contributed by atoms with van der Waals surface area (Å²) >= 11 is 0. The van der Waals surface area contributed by atoms with Gasteiger partial charge in [0.1, 0.15) is 11.6 Å². The van der Waals surface area contributed by atoms with Gasteiger partial charge < -0.3 is 9.88 Å². The van der Waals surface area contributed by atoms with Gasteiger partial charge in [0.25, 0.3) is 5.91 Å². The molecule has 4 nitrogen and oxygen atoms in total. The molecule has 1 amide bonds. The number of aryl methyl sites for hydroxylation is 1. The number of hydrogen-bond donors (Lipinski definition) is 1. The summed E-state index contributed by atoms with van der Waals surface area (Å²) in [6.45, 7) is 9.84. The summed E-state index contributed by atoms with van der Waals surface area (Å²) in [5, 5.41) is 12.0. The molecule has 0 spiro atoms. The zero-order valence-corrected chi connectivity index (χ0v) is 13.5. The number of nitrogens with one attached hydrogen (secondary N) is 1. The molecule has 0 saturated heterocycles. The molecule has 0 unspecified atom stereocenters. The summed E-state index contributed by atoms with van der Waals surface area (Å²) < 4.78 is 2.22. The standard InChI is InChI=1S/C17H25N3O/c1-5-7-8-19-17(21)16(12-18)11-15-10-13(3)20(9-6-2)14(15)4/h10-11H,5-9H2,1-4H3,(H,19,21)/b16-11-. The van der Waals surface area contributed by atoms with Gasteiger partial charge in [0.2, 0.25) is 0 Å². The maximum absolute atomic E-state index is 12.0. The average molecular weight is 287 g/mol. The molecule has 0 saturated carbocycles. The van der Waals surface area contributed by atoms with E-state index in [0.29, 0.717) is 6.54 Å². The first-order chi connectivity index (χ1) is 10.0. The minimum Gasteiger partial charge on any atom is -0.351 e. The number of unbranched alkanes of at least 4 members (excludes halogenated alkanes) is 1. The van der Waals surface area contributed by atoms with Crippen LogP contribution in [0.3, 0.4) is 0 Å². The van der Waals surface area contributed by atoms with Gasteiger partial charge in [0, 0.05) is 24.5 Å². The zero-order chi connectivity index (χ0) is 15.8. The van der Waals surface area contributed by atoms with Crippen molar-refractivity contribution in [3.8, 4) is 6.07 Å². The van der Waals surface area contributed by atoms with E-state index in [1.165, 1.54) is 0 Å². The third kappa shape index (κ3) is 4.49. The molecule has 0 atom stereocenters. The summed E-state index contributed by atoms with van der Waals surface area (Å²) in [6, 6.07) is 4.03. The number of carbonyl (C=O) groups is 1. The van der Waals surface area contributed by atoms with Crippen LogP contribution in [0.15, 0.2) is 11.6 Å². The Morgan fingerprint density at radius 2 is 2.10 bits per heavy atom. The summed E-state index contributed by atoms with van der Waals surface area (Å²) in [6.07, 6.45) is 4.69. The van der Waals surface area contributed by atoms with Crippen molar-refractivity contribution in [3.63, 3.8) is 0 Å². The quantitative estimate of drug-likeness (QED) is 0.475. The van der Waals surface area contributed by atoms with E-state index in [-0.39, 0.29) is 11.5 Å². The van der Waals surface area contributed by atoms with Crippen LogP contribution in [0.2, 0.25) is 0 Å². The molecule has 114 valence electrons. The second-order valence-electron chi connectivity index (χ2n) is 5.26. The fourth-order valence-corrected chi connectivity index (χ4v) is 2.32. The van der Waals surface area contributed by atoms with Crippen LogP contribution in [0.5, 0.6) is 0 Å². The van der Waals surface area contributed by atoms with Gasteiger partial charge in [-0.2, -0.15) is 5.26 Å². The normalized spacial score (nSPS) is 11.3. The molecule has 4 heteroatoms. The Morgan fingerprint density at radius 3 is 2.67 bits per heavy atom. The van der Waals surface area contributed by atoms with Crippen LogP contribution < -0.4 is 5.32 Å². The minimum atomic E-state index is -0.286. The third-order valence-corrected chi connectivity index (χ3v) is 3.54. The van der Waals surface area contributed by atoms with Gasteiger partial charge in [-0.15, -0.1) is 0 Å². The van der Waals surface area contributed by atoms with Crippen molar-refractivity contribution >= 4 is 12.0 Å². The van der Waals surface area contributed by atoms with Gasteiger partial charge in [-0.3, -0.25) is 4.79 Å². The number of nitriles is 1. The minimum absolute atomic E-state index is 0.169. The molecule has 0 fully saturated rings. The molecule has 1 aromatic rings. The van der Waals surface area contributed by atoms with E-state index in [0.717, 1.165) is 42.8 Å². The van der Waals surface area contributed by atoms with Gasteiger partial charge in [-0.05, 0) is 44.4 Å². The number of nitrogens with zero attached hydrogens (tertiary/aromatic N) is 2. The van der Waals surface area contributed by atoms with Crippen molar-refractivity contribution in [2.24, 2.45) is 0 Å². The van der Waals surface area contributed by atoms with E-state index < -0.39 is 0 Å². The van der Waals surface area contributed by atoms with Crippen LogP contribution in [0.4, 0.5) is 0 Å². The lowest BCUT2D eigenvalue weighted by Gasteiger charge is -2.07. The van der Waals surface area contributed by atoms with Crippen molar-refractivity contribution in [2.75, 3.05) is 6.54 Å². The number of carbonyl (C=O) groups excluding carboxylic acids is 1. The highest BCUT2D eigenvalue weighted by Gasteiger charge is 2.12. The van der Waals surface area contributed by atoms with Crippen LogP contribution in [-0.2, 0) is 11.3 Å². The first-order valence-corrected chi connectivity index (χ1v) is 7.61. The number of aromatic nitrogens is 1. The number of rotatable bonds is 7. The van der Waals surface area contributed by atoms with Crippen molar-refractivity contribution in [2.45, 2.75) is 53.5 Å². The molecular formula is C17H25N3O. The third-order valence-electron chi connectivity index (χ3n) is 3.54. The van der Waals surface area contributed by atoms with Crippen LogP contribution in [-0.4, -0.2) is 17.0 Å². The van der Waals surface area contributed by atoms with E-state index in [1.54, 1.807) is 6.08 Å². The monoisotopic (exact) mass is 287 g/mol. The molecule has 1 N–H and O–H groups in total. The molecule has 0 aliphatic rings. The fourth-order valence-electron chi connectivity index (χ4n) is 2.32. The van der Waals surface area contributed by atoms with Crippen molar-refractivity contribution in [3.05, 3.63) is 28.6 Å². The number of amides is 1. The highest BCUT2D eigenvalue weighted by atomic mass is 16.1. The summed E-state index contributed by atoms with van der Waals surface area (Å²) in [5.41, 5.74) is 3.37. The van der Waals surface area contributed by atoms with Crippen molar-refractivity contribution in [1.82, 2.24) is 9.88 Å². The Balaban J connectivity index is 2.96. The molecule has 1 aromatic heterocycles. The predicted molar refractivity (Wildman–Crippen MR) is 85.7 cm³/mol. The lowest BCUT2D eigenvalue weighted by atomic mass is 10.1. The zero-order valence-electron chi connectivity index (χ0n) is 13.5. The highest BCUT2D eigenvalue weighted by Crippen LogP contribution is 2.18. The largest absolute Gasteiger partial charge is 0.351 e. The van der Waals surface area contributed by atoms with E-state index in [1.807, 2.05) is 26.0 Å². The molecule has 0 bridgehead atoms. The van der Waals surface area contributed by atoms with Gasteiger partial charge >= 0.3 is 0 Å². The average Bonchev–Trinajstić information content (AvgIpc) is 2.72. The lowest BCUT2D eigenvalue weighted by Crippen LogP contribution is -2.25. The van der Waals surface area contributed by atoms with Crippen molar-refractivity contribution < 1.29 is 4.79 Å². The molecule has 0 aliphatic heterocycles. The molecular weight excluding hydrogens is 262 g/mol. The second kappa shape index (κ2) is 8.31. The van der Waals surface area contributed by atoms with E-state index in [2.05, 4.69) is 23.7 Å². The van der Waals surface area contributed by atoms with Crippen LogP contribution in [0.25, 0.3) is 6.08 Å². The second-order valence-corrected chi connectivity index (χ2v) is 5.26. The van der Waals surface area contributed by atoms with Crippen molar-refractivity contribution in [1.29, 1.82) is 5.26 Å². The maximum Gasteiger partial charge on any atom is 0.261 e. The molecule has 0 radical (unpaired) electrons. The number of hydrogen-bond acceptors (Lipinski definition) is 2. The molecule has 1 rings (SSSR count). The molecule has 0 aliphatic carbocycles. The Hall–Kier alpha value is -2.02. The van der Waals surface area contributed by atoms with Crippen LogP contribution in [0.1, 0.15) is 50.1 Å². The van der Waals surface area contributed by atoms with Gasteiger partial charge in [-0.25, -0.2) is 0 Å². The topological polar surface area (TPSA) is 57.8 Å². The summed E-state index contributed by atoms with van der Waals surface area (Å²) in [4.78, 5) is 12.0. The van der Waals surface area contributed by atoms with Gasteiger partial charge in [-0.1, -0.05) is 20.3 Å². The fraction of sp³-hybridized carbons (Fsp3) is 0.529. The maximum atomic E-state index is 12.0. The summed E-state index contributed by atoms with van der Waals surface area (Å²) in [7, 11) is 0. The van der Waals surface area contributed by atoms with E-state index in [9.17, 15) is 10.1 Å². The Kier molecular flexibility index (Phi) is 6.74. The summed E-state index contributed by atoms with van der Waals surface area (Å²) in [5.74, 6) is -0.286. The van der Waals surface area contributed by atoms with Gasteiger partial charge in [0.05, 0.1) is 0 Å². The van der Waals surface area contributed by atoms with E-state index >= 15 is 0 Å².